The summed E-state index contributed by atoms with van der Waals surface area (Å²) in [5, 5.41) is 12.8. The van der Waals surface area contributed by atoms with Gasteiger partial charge in [0.15, 0.2) is 12.3 Å². The topological polar surface area (TPSA) is 157 Å². The van der Waals surface area contributed by atoms with Gasteiger partial charge in [-0.15, -0.1) is 0 Å². The third-order valence-electron chi connectivity index (χ3n) is 2.45. The van der Waals surface area contributed by atoms with Crippen LogP contribution in [0.15, 0.2) is 5.11 Å². The quantitative estimate of drug-likeness (QED) is 0.239. The molecule has 1 saturated heterocycles. The highest BCUT2D eigenvalue weighted by Gasteiger charge is 2.53. The van der Waals surface area contributed by atoms with Crippen LogP contribution in [0.3, 0.4) is 0 Å². The Morgan fingerprint density at radius 2 is 1.73 bits per heavy atom. The molecule has 1 heterocycles. The Bertz CT molecular complexity index is 559. The van der Waals surface area contributed by atoms with Crippen molar-refractivity contribution in [3.05, 3.63) is 10.4 Å². The number of nitrogens with zero attached hydrogens (tertiary/aromatic N) is 3. The first-order chi connectivity index (χ1) is 11.9. The number of rotatable bonds is 5. The Labute approximate surface area is 128 Å². The predicted molar refractivity (Wildman–Crippen MR) is 66.7 cm³/mol. The number of aliphatic hydroxyl groups is 1. The zero-order chi connectivity index (χ0) is 19.0. The molecule has 1 aliphatic rings. The van der Waals surface area contributed by atoms with Gasteiger partial charge < -0.3 is 24.1 Å². The number of azide groups is 1. The van der Waals surface area contributed by atoms with E-state index in [4.69, 9.17) is 28.6 Å². The Kier molecular flexibility index (Phi) is 4.59. The van der Waals surface area contributed by atoms with Crippen molar-refractivity contribution in [2.45, 2.75) is 51.5 Å². The van der Waals surface area contributed by atoms with Crippen molar-refractivity contribution in [2.75, 3.05) is 0 Å². The van der Waals surface area contributed by atoms with Crippen LogP contribution in [0, 0.1) is 0 Å². The number of aliphatic hydroxyl groups excluding tert-OH is 1. The fourth-order valence-corrected chi connectivity index (χ4v) is 1.79. The van der Waals surface area contributed by atoms with Gasteiger partial charge in [-0.2, -0.15) is 0 Å². The predicted octanol–water partition coefficient (Wildman–Crippen LogP) is -0.234. The summed E-state index contributed by atoms with van der Waals surface area (Å²) in [6.07, 6.45) is -8.30. The molecular weight excluding hydrogens is 302 g/mol. The first-order valence-electron chi connectivity index (χ1n) is 7.83. The standard InChI is InChI=1S/C11H15N3O8/c1-4(15)19-7-8(10(18)13-14-12)22-11(21-6(3)17)9(7)20-5(2)16/h7-11,18H,1-3H3/t7-,8+,9+,10?,11?/m1/s1/i1D,2D,3D. The molecule has 0 radical (unpaired) electrons. The monoisotopic (exact) mass is 320 g/mol. The highest BCUT2D eigenvalue weighted by atomic mass is 16.7. The molecule has 0 aromatic rings. The summed E-state index contributed by atoms with van der Waals surface area (Å²) < 4.78 is 40.5. The van der Waals surface area contributed by atoms with Crippen molar-refractivity contribution in [3.8, 4) is 0 Å². The minimum Gasteiger partial charge on any atom is -0.455 e. The van der Waals surface area contributed by atoms with Gasteiger partial charge in [-0.3, -0.25) is 14.4 Å². The van der Waals surface area contributed by atoms with Crippen LogP contribution in [-0.4, -0.2) is 53.8 Å². The van der Waals surface area contributed by atoms with Crippen LogP contribution in [-0.2, 0) is 33.3 Å². The molecule has 22 heavy (non-hydrogen) atoms. The van der Waals surface area contributed by atoms with E-state index in [0.717, 1.165) is 0 Å². The molecule has 1 aliphatic heterocycles. The SMILES string of the molecule is [2H]CC(=O)OC1O[C@H](C(O)N=[N+]=[N-])[C@@H](OC(=O)C[2H])[C@@H]1OC(=O)C[2H]. The minimum atomic E-state index is -1.90. The maximum atomic E-state index is 11.4. The van der Waals surface area contributed by atoms with Gasteiger partial charge in [-0.25, -0.2) is 0 Å². The summed E-state index contributed by atoms with van der Waals surface area (Å²) in [6, 6.07) is 0. The summed E-state index contributed by atoms with van der Waals surface area (Å²) in [5.74, 6) is -3.22. The van der Waals surface area contributed by atoms with Gasteiger partial charge in [-0.1, -0.05) is 5.11 Å². The van der Waals surface area contributed by atoms with Gasteiger partial charge in [0, 0.05) is 29.7 Å². The van der Waals surface area contributed by atoms with E-state index in [9.17, 15) is 19.5 Å². The molecule has 0 aromatic heterocycles. The number of ether oxygens (including phenoxy) is 4. The molecular formula is C11H15N3O8. The summed E-state index contributed by atoms with van der Waals surface area (Å²) in [6.45, 7) is -2.41. The zero-order valence-electron chi connectivity index (χ0n) is 14.2. The van der Waals surface area contributed by atoms with Crippen molar-refractivity contribution in [3.63, 3.8) is 0 Å². The molecule has 1 N–H and O–H groups in total. The van der Waals surface area contributed by atoms with Crippen molar-refractivity contribution < 1.29 is 42.5 Å². The molecule has 1 rings (SSSR count). The number of hydrogen-bond donors (Lipinski definition) is 1. The highest BCUT2D eigenvalue weighted by molar-refractivity contribution is 5.68. The second-order valence-electron chi connectivity index (χ2n) is 3.99. The molecule has 11 heteroatoms. The lowest BCUT2D eigenvalue weighted by atomic mass is 10.1. The smallest absolute Gasteiger partial charge is 0.305 e. The average molecular weight is 320 g/mol. The molecule has 0 saturated carbocycles. The van der Waals surface area contributed by atoms with E-state index in [1.54, 1.807) is 0 Å². The van der Waals surface area contributed by atoms with E-state index in [1.165, 1.54) is 0 Å². The summed E-state index contributed by atoms with van der Waals surface area (Å²) >= 11 is 0. The van der Waals surface area contributed by atoms with E-state index in [1.807, 2.05) is 0 Å². The molecule has 5 atom stereocenters. The van der Waals surface area contributed by atoms with Crippen LogP contribution in [0.4, 0.5) is 0 Å². The molecule has 11 nitrogen and oxygen atoms in total. The Morgan fingerprint density at radius 1 is 1.18 bits per heavy atom. The van der Waals surface area contributed by atoms with Gasteiger partial charge in [0.25, 0.3) is 0 Å². The molecule has 0 aromatic carbocycles. The maximum Gasteiger partial charge on any atom is 0.305 e. The fraction of sp³-hybridized carbons (Fsp3) is 0.727. The lowest BCUT2D eigenvalue weighted by Gasteiger charge is -2.23. The first-order valence-corrected chi connectivity index (χ1v) is 5.71. The van der Waals surface area contributed by atoms with Gasteiger partial charge in [0.2, 0.25) is 12.4 Å². The van der Waals surface area contributed by atoms with Gasteiger partial charge >= 0.3 is 17.9 Å². The maximum absolute atomic E-state index is 11.4. The van der Waals surface area contributed by atoms with E-state index in [0.29, 0.717) is 0 Å². The summed E-state index contributed by atoms with van der Waals surface area (Å²) in [4.78, 5) is 36.5. The van der Waals surface area contributed by atoms with Crippen LogP contribution >= 0.6 is 0 Å². The zero-order valence-corrected chi connectivity index (χ0v) is 11.2. The number of esters is 3. The molecule has 0 spiro atoms. The van der Waals surface area contributed by atoms with E-state index >= 15 is 0 Å². The Morgan fingerprint density at radius 3 is 2.27 bits per heavy atom. The molecule has 0 bridgehead atoms. The normalized spacial score (nSPS) is 30.0. The van der Waals surface area contributed by atoms with Crippen molar-refractivity contribution >= 4 is 17.9 Å². The van der Waals surface area contributed by atoms with Crippen molar-refractivity contribution in [1.29, 1.82) is 0 Å². The summed E-state index contributed by atoms with van der Waals surface area (Å²) in [5.41, 5.74) is 8.39. The molecule has 1 fully saturated rings. The number of hydrogen-bond acceptors (Lipinski definition) is 9. The fourth-order valence-electron chi connectivity index (χ4n) is 1.79. The minimum absolute atomic E-state index is 0.792. The van der Waals surface area contributed by atoms with Crippen LogP contribution in [0.2, 0.25) is 0 Å². The first kappa shape index (κ1) is 13.3. The second-order valence-corrected chi connectivity index (χ2v) is 3.99. The average Bonchev–Trinajstić information content (AvgIpc) is 2.92. The molecule has 0 aliphatic carbocycles. The molecule has 122 valence electrons. The van der Waals surface area contributed by atoms with Gasteiger partial charge in [-0.05, 0) is 5.53 Å². The lowest BCUT2D eigenvalue weighted by molar-refractivity contribution is -0.198. The van der Waals surface area contributed by atoms with E-state index in [-0.39, 0.29) is 0 Å². The van der Waals surface area contributed by atoms with E-state index in [2.05, 4.69) is 10.0 Å². The van der Waals surface area contributed by atoms with Gasteiger partial charge in [0.05, 0.1) is 0 Å². The molecule has 0 amide bonds. The summed E-state index contributed by atoms with van der Waals surface area (Å²) in [7, 11) is 0. The third kappa shape index (κ3) is 4.58. The van der Waals surface area contributed by atoms with Crippen LogP contribution in [0.1, 0.15) is 24.8 Å². The second kappa shape index (κ2) is 7.59. The highest BCUT2D eigenvalue weighted by Crippen LogP contribution is 2.30. The van der Waals surface area contributed by atoms with Crippen molar-refractivity contribution in [1.82, 2.24) is 0 Å². The van der Waals surface area contributed by atoms with E-state index < -0.39 is 69.4 Å². The lowest BCUT2D eigenvalue weighted by Crippen LogP contribution is -2.43. The van der Waals surface area contributed by atoms with Crippen molar-refractivity contribution in [2.24, 2.45) is 5.11 Å². The largest absolute Gasteiger partial charge is 0.455 e. The van der Waals surface area contributed by atoms with Crippen LogP contribution in [0.5, 0.6) is 0 Å². The Balaban J connectivity index is 3.14. The molecule has 2 unspecified atom stereocenters. The Hall–Kier alpha value is -2.36. The van der Waals surface area contributed by atoms with Gasteiger partial charge in [0.1, 0.15) is 6.10 Å². The van der Waals surface area contributed by atoms with Crippen LogP contribution in [0.25, 0.3) is 10.4 Å². The van der Waals surface area contributed by atoms with Crippen LogP contribution < -0.4 is 0 Å². The number of carbonyl (C=O) groups excluding carboxylic acids is 3. The number of carbonyl (C=O) groups is 3. The third-order valence-corrected chi connectivity index (χ3v) is 2.45.